The molecular formula is C28H29N3O2. The Morgan fingerprint density at radius 2 is 1.82 bits per heavy atom. The lowest BCUT2D eigenvalue weighted by atomic mass is 9.91. The van der Waals surface area contributed by atoms with Gasteiger partial charge in [0.1, 0.15) is 5.75 Å². The summed E-state index contributed by atoms with van der Waals surface area (Å²) in [4.78, 5) is 18.8. The zero-order valence-corrected chi connectivity index (χ0v) is 19.4. The van der Waals surface area contributed by atoms with Gasteiger partial charge in [0.05, 0.1) is 12.8 Å². The minimum atomic E-state index is -0.0892. The minimum Gasteiger partial charge on any atom is -0.497 e. The van der Waals surface area contributed by atoms with Gasteiger partial charge in [0.15, 0.2) is 5.65 Å². The van der Waals surface area contributed by atoms with Crippen LogP contribution in [0.25, 0.3) is 22.5 Å². The summed E-state index contributed by atoms with van der Waals surface area (Å²) in [5.74, 6) is 0.712. The monoisotopic (exact) mass is 439 g/mol. The highest BCUT2D eigenvalue weighted by atomic mass is 16.5. The van der Waals surface area contributed by atoms with Gasteiger partial charge in [-0.3, -0.25) is 9.89 Å². The van der Waals surface area contributed by atoms with Crippen molar-refractivity contribution in [2.75, 3.05) is 7.11 Å². The number of allylic oxidation sites excluding steroid dienone is 2. The molecule has 5 heteroatoms. The molecule has 0 aliphatic heterocycles. The number of methoxy groups -OCH3 is 1. The molecule has 0 bridgehead atoms. The van der Waals surface area contributed by atoms with Crippen LogP contribution in [0.3, 0.4) is 0 Å². The molecule has 1 N–H and O–H groups in total. The Hall–Kier alpha value is -3.60. The average molecular weight is 440 g/mol. The van der Waals surface area contributed by atoms with Gasteiger partial charge in [-0.1, -0.05) is 55.5 Å². The molecule has 2 heterocycles. The normalized spacial score (nSPS) is 14.8. The molecule has 0 saturated carbocycles. The molecule has 5 nitrogen and oxygen atoms in total. The second kappa shape index (κ2) is 8.74. The summed E-state index contributed by atoms with van der Waals surface area (Å²) >= 11 is 0. The molecule has 33 heavy (non-hydrogen) atoms. The number of hydrogen-bond acceptors (Lipinski definition) is 3. The van der Waals surface area contributed by atoms with Gasteiger partial charge in [-0.05, 0) is 55.9 Å². The van der Waals surface area contributed by atoms with Gasteiger partial charge in [-0.25, -0.2) is 9.50 Å². The number of rotatable bonds is 5. The largest absolute Gasteiger partial charge is 0.497 e. The zero-order valence-electron chi connectivity index (χ0n) is 19.4. The number of aromatic amines is 1. The fourth-order valence-corrected chi connectivity index (χ4v) is 4.93. The van der Waals surface area contributed by atoms with Crippen molar-refractivity contribution < 1.29 is 4.74 Å². The molecule has 0 spiro atoms. The van der Waals surface area contributed by atoms with Gasteiger partial charge in [-0.2, -0.15) is 0 Å². The minimum absolute atomic E-state index is 0.0411. The van der Waals surface area contributed by atoms with Crippen LogP contribution in [0.15, 0.2) is 65.5 Å². The van der Waals surface area contributed by atoms with E-state index in [2.05, 4.69) is 30.2 Å². The Labute approximate surface area is 193 Å². The lowest BCUT2D eigenvalue weighted by Crippen LogP contribution is -2.24. The molecule has 2 aromatic carbocycles. The van der Waals surface area contributed by atoms with Crippen LogP contribution in [0.5, 0.6) is 5.75 Å². The molecular weight excluding hydrogens is 410 g/mol. The molecule has 0 saturated heterocycles. The molecule has 0 radical (unpaired) electrons. The van der Waals surface area contributed by atoms with Crippen LogP contribution in [0.4, 0.5) is 0 Å². The van der Waals surface area contributed by atoms with Crippen molar-refractivity contribution in [3.63, 3.8) is 0 Å². The molecule has 168 valence electrons. The first-order valence-corrected chi connectivity index (χ1v) is 11.6. The van der Waals surface area contributed by atoms with Gasteiger partial charge in [0.25, 0.3) is 5.56 Å². The number of aromatic nitrogens is 3. The predicted molar refractivity (Wildman–Crippen MR) is 133 cm³/mol. The van der Waals surface area contributed by atoms with Crippen molar-refractivity contribution in [1.29, 1.82) is 0 Å². The third kappa shape index (κ3) is 3.78. The summed E-state index contributed by atoms with van der Waals surface area (Å²) in [7, 11) is 1.65. The zero-order chi connectivity index (χ0) is 22.9. The van der Waals surface area contributed by atoms with Crippen molar-refractivity contribution in [3.8, 4) is 17.0 Å². The van der Waals surface area contributed by atoms with Gasteiger partial charge in [0.2, 0.25) is 0 Å². The highest BCUT2D eigenvalue weighted by Gasteiger charge is 2.24. The predicted octanol–water partition coefficient (Wildman–Crippen LogP) is 6.12. The van der Waals surface area contributed by atoms with E-state index in [0.29, 0.717) is 5.56 Å². The Morgan fingerprint density at radius 3 is 2.48 bits per heavy atom. The number of hydrogen-bond donors (Lipinski definition) is 1. The summed E-state index contributed by atoms with van der Waals surface area (Å²) in [5, 5.41) is 3.42. The number of H-pyrrole nitrogens is 1. The van der Waals surface area contributed by atoms with E-state index in [1.54, 1.807) is 11.6 Å². The molecule has 0 unspecified atom stereocenters. The van der Waals surface area contributed by atoms with Crippen molar-refractivity contribution in [2.45, 2.75) is 45.4 Å². The van der Waals surface area contributed by atoms with E-state index < -0.39 is 0 Å². The van der Waals surface area contributed by atoms with E-state index in [4.69, 9.17) is 9.72 Å². The summed E-state index contributed by atoms with van der Waals surface area (Å²) < 4.78 is 6.94. The van der Waals surface area contributed by atoms with Crippen LogP contribution < -0.4 is 10.3 Å². The molecule has 4 aromatic rings. The third-order valence-electron chi connectivity index (χ3n) is 6.73. The van der Waals surface area contributed by atoms with Crippen molar-refractivity contribution >= 4 is 11.2 Å². The Morgan fingerprint density at radius 1 is 1.06 bits per heavy atom. The number of nitrogens with zero attached hydrogens (tertiary/aromatic N) is 2. The Balaban J connectivity index is 1.72. The van der Waals surface area contributed by atoms with Crippen LogP contribution in [-0.4, -0.2) is 21.7 Å². The van der Waals surface area contributed by atoms with E-state index >= 15 is 0 Å². The maximum absolute atomic E-state index is 13.8. The topological polar surface area (TPSA) is 59.4 Å². The highest BCUT2D eigenvalue weighted by Crippen LogP contribution is 2.36. The molecule has 2 aromatic heterocycles. The van der Waals surface area contributed by atoms with Crippen molar-refractivity contribution in [1.82, 2.24) is 14.6 Å². The Kier molecular flexibility index (Phi) is 5.63. The van der Waals surface area contributed by atoms with Gasteiger partial charge in [0, 0.05) is 28.3 Å². The van der Waals surface area contributed by atoms with Crippen LogP contribution in [0, 0.1) is 6.92 Å². The lowest BCUT2D eigenvalue weighted by molar-refractivity contribution is 0.414. The third-order valence-corrected chi connectivity index (χ3v) is 6.73. The van der Waals surface area contributed by atoms with Crippen LogP contribution >= 0.6 is 0 Å². The van der Waals surface area contributed by atoms with Crippen LogP contribution in [-0.2, 0) is 0 Å². The molecule has 1 atom stereocenters. The SMILES string of the molecule is COc1ccc([C@H](C)c2c(C)nc3c(C4=CCCCC4)c(-c4ccccc4)[nH]n3c2=O)cc1. The fraction of sp³-hybridized carbons (Fsp3) is 0.286. The number of benzene rings is 2. The van der Waals surface area contributed by atoms with E-state index in [1.165, 1.54) is 12.0 Å². The first kappa shape index (κ1) is 21.3. The van der Waals surface area contributed by atoms with Gasteiger partial charge in [-0.15, -0.1) is 0 Å². The second-order valence-corrected chi connectivity index (χ2v) is 8.77. The molecule has 1 aliphatic rings. The smallest absolute Gasteiger partial charge is 0.276 e. The second-order valence-electron chi connectivity index (χ2n) is 8.77. The van der Waals surface area contributed by atoms with Crippen molar-refractivity contribution in [3.05, 3.63) is 93.4 Å². The number of fused-ring (bicyclic) bond motifs is 1. The quantitative estimate of drug-likeness (QED) is 0.408. The molecule has 5 rings (SSSR count). The van der Waals surface area contributed by atoms with E-state index in [-0.39, 0.29) is 11.5 Å². The van der Waals surface area contributed by atoms with Crippen molar-refractivity contribution in [2.24, 2.45) is 0 Å². The standard InChI is InChI=1S/C28H29N3O2/c1-18(20-14-16-23(33-3)17-15-20)24-19(2)29-27-25(21-10-6-4-7-11-21)26(30-31(27)28(24)32)22-12-8-5-9-13-22/h5,8-10,12-18,30H,4,6-7,11H2,1-3H3/t18-/m0/s1. The molecule has 0 amide bonds. The summed E-state index contributed by atoms with van der Waals surface area (Å²) in [6.07, 6.45) is 6.76. The number of nitrogens with one attached hydrogen (secondary N) is 1. The van der Waals surface area contributed by atoms with E-state index in [0.717, 1.165) is 58.7 Å². The fourth-order valence-electron chi connectivity index (χ4n) is 4.93. The highest BCUT2D eigenvalue weighted by molar-refractivity contribution is 5.87. The number of ether oxygens (including phenoxy) is 1. The maximum Gasteiger partial charge on any atom is 0.276 e. The lowest BCUT2D eigenvalue weighted by Gasteiger charge is -2.16. The van der Waals surface area contributed by atoms with E-state index in [9.17, 15) is 4.79 Å². The summed E-state index contributed by atoms with van der Waals surface area (Å²) in [5.41, 5.74) is 7.58. The van der Waals surface area contributed by atoms with Crippen LogP contribution in [0.1, 0.15) is 60.9 Å². The maximum atomic E-state index is 13.8. The van der Waals surface area contributed by atoms with Gasteiger partial charge < -0.3 is 4.74 Å². The molecule has 1 aliphatic carbocycles. The van der Waals surface area contributed by atoms with Gasteiger partial charge >= 0.3 is 0 Å². The number of aryl methyl sites for hydroxylation is 1. The summed E-state index contributed by atoms with van der Waals surface area (Å²) in [6, 6.07) is 18.1. The van der Waals surface area contributed by atoms with Crippen LogP contribution in [0.2, 0.25) is 0 Å². The molecule has 0 fully saturated rings. The first-order chi connectivity index (χ1) is 16.1. The van der Waals surface area contributed by atoms with E-state index in [1.807, 2.05) is 49.4 Å². The first-order valence-electron chi connectivity index (χ1n) is 11.6. The summed E-state index contributed by atoms with van der Waals surface area (Å²) in [6.45, 7) is 4.01. The Bertz CT molecular complexity index is 1380. The average Bonchev–Trinajstić information content (AvgIpc) is 3.24.